The molecule has 4 heteroatoms. The molecular weight excluding hydrogens is 168 g/mol. The van der Waals surface area contributed by atoms with Crippen LogP contribution >= 0.6 is 0 Å². The van der Waals surface area contributed by atoms with Crippen molar-refractivity contribution in [3.8, 4) is 0 Å². The molecule has 1 amide bonds. The molecule has 3 N–H and O–H groups in total. The van der Waals surface area contributed by atoms with Crippen LogP contribution < -0.4 is 10.6 Å². The minimum absolute atomic E-state index is 0.0200. The van der Waals surface area contributed by atoms with Gasteiger partial charge in [-0.05, 0) is 19.8 Å². The summed E-state index contributed by atoms with van der Waals surface area (Å²) in [4.78, 5) is 11.1. The topological polar surface area (TPSA) is 61.4 Å². The Morgan fingerprint density at radius 1 is 1.54 bits per heavy atom. The molecule has 0 aliphatic rings. The predicted octanol–water partition coefficient (Wildman–Crippen LogP) is -0.127. The highest BCUT2D eigenvalue weighted by Crippen LogP contribution is 1.86. The molecule has 0 aromatic rings. The molecule has 0 saturated heterocycles. The standard InChI is InChI=1S/C9H20N2O2/c1-3-5-10-9(13)7-11-8(2)4-6-12/h8,11-12H,3-7H2,1-2H3,(H,10,13). The van der Waals surface area contributed by atoms with Crippen molar-refractivity contribution in [2.75, 3.05) is 19.7 Å². The van der Waals surface area contributed by atoms with E-state index < -0.39 is 0 Å². The molecule has 0 bridgehead atoms. The second-order valence-corrected chi connectivity index (χ2v) is 3.14. The fraction of sp³-hybridized carbons (Fsp3) is 0.889. The van der Waals surface area contributed by atoms with Crippen LogP contribution in [0.5, 0.6) is 0 Å². The molecule has 0 rings (SSSR count). The third kappa shape index (κ3) is 7.74. The Hall–Kier alpha value is -0.610. The van der Waals surface area contributed by atoms with Crippen LogP contribution in [0.4, 0.5) is 0 Å². The lowest BCUT2D eigenvalue weighted by Gasteiger charge is -2.11. The van der Waals surface area contributed by atoms with E-state index >= 15 is 0 Å². The summed E-state index contributed by atoms with van der Waals surface area (Å²) in [6.07, 6.45) is 1.64. The zero-order valence-corrected chi connectivity index (χ0v) is 8.47. The lowest BCUT2D eigenvalue weighted by atomic mass is 10.2. The number of amides is 1. The van der Waals surface area contributed by atoms with Gasteiger partial charge in [0.15, 0.2) is 0 Å². The molecular formula is C9H20N2O2. The van der Waals surface area contributed by atoms with Crippen LogP contribution in [0.25, 0.3) is 0 Å². The Bertz CT molecular complexity index is 140. The van der Waals surface area contributed by atoms with E-state index in [9.17, 15) is 4.79 Å². The summed E-state index contributed by atoms with van der Waals surface area (Å²) in [5.41, 5.74) is 0. The maximum Gasteiger partial charge on any atom is 0.233 e. The van der Waals surface area contributed by atoms with E-state index in [1.165, 1.54) is 0 Å². The van der Waals surface area contributed by atoms with Crippen LogP contribution in [0.3, 0.4) is 0 Å². The van der Waals surface area contributed by atoms with Gasteiger partial charge >= 0.3 is 0 Å². The average molecular weight is 188 g/mol. The maximum atomic E-state index is 11.1. The molecule has 0 radical (unpaired) electrons. The quantitative estimate of drug-likeness (QED) is 0.521. The minimum atomic E-state index is 0.0200. The fourth-order valence-electron chi connectivity index (χ4n) is 0.890. The van der Waals surface area contributed by atoms with Crippen molar-refractivity contribution < 1.29 is 9.90 Å². The van der Waals surface area contributed by atoms with Gasteiger partial charge < -0.3 is 15.7 Å². The van der Waals surface area contributed by atoms with Crippen LogP contribution in [-0.2, 0) is 4.79 Å². The van der Waals surface area contributed by atoms with Gasteiger partial charge in [0, 0.05) is 19.2 Å². The summed E-state index contributed by atoms with van der Waals surface area (Å²) in [5.74, 6) is 0.0200. The van der Waals surface area contributed by atoms with Gasteiger partial charge in [-0.3, -0.25) is 4.79 Å². The van der Waals surface area contributed by atoms with Gasteiger partial charge in [-0.25, -0.2) is 0 Å². The summed E-state index contributed by atoms with van der Waals surface area (Å²) in [7, 11) is 0. The molecule has 0 aromatic heterocycles. The summed E-state index contributed by atoms with van der Waals surface area (Å²) in [6, 6.07) is 0.192. The van der Waals surface area contributed by atoms with E-state index in [4.69, 9.17) is 5.11 Å². The highest BCUT2D eigenvalue weighted by molar-refractivity contribution is 5.77. The zero-order chi connectivity index (χ0) is 10.1. The lowest BCUT2D eigenvalue weighted by molar-refractivity contribution is -0.120. The first-order chi connectivity index (χ1) is 6.20. The van der Waals surface area contributed by atoms with E-state index in [0.717, 1.165) is 13.0 Å². The van der Waals surface area contributed by atoms with Crippen molar-refractivity contribution in [2.45, 2.75) is 32.7 Å². The van der Waals surface area contributed by atoms with Crippen LogP contribution in [0.15, 0.2) is 0 Å². The normalized spacial score (nSPS) is 12.5. The van der Waals surface area contributed by atoms with E-state index in [1.807, 2.05) is 13.8 Å². The summed E-state index contributed by atoms with van der Waals surface area (Å²) in [6.45, 7) is 5.19. The first-order valence-corrected chi connectivity index (χ1v) is 4.81. The Morgan fingerprint density at radius 3 is 2.77 bits per heavy atom. The molecule has 13 heavy (non-hydrogen) atoms. The second-order valence-electron chi connectivity index (χ2n) is 3.14. The highest BCUT2D eigenvalue weighted by Gasteiger charge is 2.03. The summed E-state index contributed by atoms with van der Waals surface area (Å²) >= 11 is 0. The maximum absolute atomic E-state index is 11.1. The van der Waals surface area contributed by atoms with Crippen LogP contribution in [0.1, 0.15) is 26.7 Å². The molecule has 1 unspecified atom stereocenters. The molecule has 0 heterocycles. The van der Waals surface area contributed by atoms with Gasteiger partial charge in [0.2, 0.25) is 5.91 Å². The zero-order valence-electron chi connectivity index (χ0n) is 8.47. The van der Waals surface area contributed by atoms with Crippen molar-refractivity contribution in [3.63, 3.8) is 0 Å². The fourth-order valence-corrected chi connectivity index (χ4v) is 0.890. The van der Waals surface area contributed by atoms with Gasteiger partial charge in [-0.2, -0.15) is 0 Å². The number of aliphatic hydroxyl groups is 1. The SMILES string of the molecule is CCCNC(=O)CNC(C)CCO. The van der Waals surface area contributed by atoms with Crippen molar-refractivity contribution in [1.29, 1.82) is 0 Å². The second kappa shape index (κ2) is 8.01. The van der Waals surface area contributed by atoms with Crippen LogP contribution in [0.2, 0.25) is 0 Å². The van der Waals surface area contributed by atoms with Gasteiger partial charge in [-0.1, -0.05) is 6.92 Å². The van der Waals surface area contributed by atoms with Crippen molar-refractivity contribution >= 4 is 5.91 Å². The minimum Gasteiger partial charge on any atom is -0.396 e. The van der Waals surface area contributed by atoms with Crippen molar-refractivity contribution in [2.24, 2.45) is 0 Å². The van der Waals surface area contributed by atoms with E-state index in [0.29, 0.717) is 13.0 Å². The molecule has 1 atom stereocenters. The first-order valence-electron chi connectivity index (χ1n) is 4.81. The first kappa shape index (κ1) is 12.4. The van der Waals surface area contributed by atoms with Gasteiger partial charge in [-0.15, -0.1) is 0 Å². The summed E-state index contributed by atoms with van der Waals surface area (Å²) in [5, 5.41) is 14.4. The smallest absolute Gasteiger partial charge is 0.233 e. The Kier molecular flexibility index (Phi) is 7.63. The number of rotatable bonds is 7. The number of carbonyl (C=O) groups is 1. The monoisotopic (exact) mass is 188 g/mol. The third-order valence-corrected chi connectivity index (χ3v) is 1.75. The van der Waals surface area contributed by atoms with E-state index in [2.05, 4.69) is 10.6 Å². The lowest BCUT2D eigenvalue weighted by Crippen LogP contribution is -2.38. The molecule has 0 aliphatic heterocycles. The molecule has 78 valence electrons. The number of nitrogens with one attached hydrogen (secondary N) is 2. The Labute approximate surface area is 79.7 Å². The largest absolute Gasteiger partial charge is 0.396 e. The molecule has 0 aromatic carbocycles. The van der Waals surface area contributed by atoms with E-state index in [1.54, 1.807) is 0 Å². The summed E-state index contributed by atoms with van der Waals surface area (Å²) < 4.78 is 0. The molecule has 0 spiro atoms. The van der Waals surface area contributed by atoms with Gasteiger partial charge in [0.05, 0.1) is 6.54 Å². The molecule has 0 saturated carbocycles. The Balaban J connectivity index is 3.34. The van der Waals surface area contributed by atoms with Gasteiger partial charge in [0.25, 0.3) is 0 Å². The van der Waals surface area contributed by atoms with Crippen LogP contribution in [-0.4, -0.2) is 36.8 Å². The van der Waals surface area contributed by atoms with E-state index in [-0.39, 0.29) is 18.6 Å². The number of hydrogen-bond donors (Lipinski definition) is 3. The van der Waals surface area contributed by atoms with Crippen molar-refractivity contribution in [3.05, 3.63) is 0 Å². The average Bonchev–Trinajstić information content (AvgIpc) is 2.12. The number of aliphatic hydroxyl groups excluding tert-OH is 1. The number of hydrogen-bond acceptors (Lipinski definition) is 3. The predicted molar refractivity (Wildman–Crippen MR) is 52.5 cm³/mol. The van der Waals surface area contributed by atoms with Crippen molar-refractivity contribution in [1.82, 2.24) is 10.6 Å². The molecule has 0 aliphatic carbocycles. The Morgan fingerprint density at radius 2 is 2.23 bits per heavy atom. The van der Waals surface area contributed by atoms with Gasteiger partial charge in [0.1, 0.15) is 0 Å². The number of carbonyl (C=O) groups excluding carboxylic acids is 1. The highest BCUT2D eigenvalue weighted by atomic mass is 16.3. The van der Waals surface area contributed by atoms with Crippen LogP contribution in [0, 0.1) is 0 Å². The molecule has 4 nitrogen and oxygen atoms in total. The third-order valence-electron chi connectivity index (χ3n) is 1.75. The molecule has 0 fully saturated rings.